The van der Waals surface area contributed by atoms with Crippen molar-refractivity contribution < 1.29 is 14.3 Å². The number of hydrogen-bond donors (Lipinski definition) is 2. The number of hydrogen-bond acceptors (Lipinski definition) is 4. The van der Waals surface area contributed by atoms with Crippen LogP contribution in [0.15, 0.2) is 109 Å². The van der Waals surface area contributed by atoms with Gasteiger partial charge in [-0.2, -0.15) is 0 Å². The van der Waals surface area contributed by atoms with Crippen molar-refractivity contribution >= 4 is 35.1 Å². The summed E-state index contributed by atoms with van der Waals surface area (Å²) in [6.07, 6.45) is 12.4. The number of benzene rings is 3. The molecule has 3 amide bonds. The maximum Gasteiger partial charge on any atom is 0.323 e. The van der Waals surface area contributed by atoms with E-state index in [-0.39, 0.29) is 18.0 Å². The van der Waals surface area contributed by atoms with Crippen LogP contribution in [0.3, 0.4) is 0 Å². The molecule has 1 unspecified atom stereocenters. The lowest BCUT2D eigenvalue weighted by atomic mass is 10.2. The second kappa shape index (κ2) is 12.8. The van der Waals surface area contributed by atoms with Crippen LogP contribution in [0.5, 0.6) is 5.75 Å². The normalized spacial score (nSPS) is 16.5. The predicted octanol–water partition coefficient (Wildman–Crippen LogP) is 6.69. The fourth-order valence-corrected chi connectivity index (χ4v) is 4.79. The van der Waals surface area contributed by atoms with Crippen LogP contribution in [-0.2, 0) is 4.79 Å². The van der Waals surface area contributed by atoms with E-state index in [9.17, 15) is 9.59 Å². The van der Waals surface area contributed by atoms with Crippen molar-refractivity contribution in [2.45, 2.75) is 25.3 Å². The molecule has 7 heteroatoms. The largest absolute Gasteiger partial charge is 0.462 e. The molecule has 204 valence electrons. The van der Waals surface area contributed by atoms with Gasteiger partial charge in [0.15, 0.2) is 0 Å². The van der Waals surface area contributed by atoms with Gasteiger partial charge in [-0.05, 0) is 79.1 Å². The topological polar surface area (TPSA) is 73.9 Å². The van der Waals surface area contributed by atoms with E-state index in [0.717, 1.165) is 55.1 Å². The summed E-state index contributed by atoms with van der Waals surface area (Å²) in [5, 5.41) is 5.74. The summed E-state index contributed by atoms with van der Waals surface area (Å²) in [5.41, 5.74) is 3.45. The van der Waals surface area contributed by atoms with Crippen LogP contribution >= 0.6 is 0 Å². The van der Waals surface area contributed by atoms with Crippen molar-refractivity contribution in [3.63, 3.8) is 0 Å². The number of likely N-dealkylation sites (N-methyl/N-ethyl adjacent to an activating group) is 1. The summed E-state index contributed by atoms with van der Waals surface area (Å²) in [5.74, 6) is 1.68. The summed E-state index contributed by atoms with van der Waals surface area (Å²) in [4.78, 5) is 29.3. The zero-order valence-electron chi connectivity index (χ0n) is 22.6. The van der Waals surface area contributed by atoms with Crippen molar-refractivity contribution in [3.8, 4) is 5.75 Å². The Labute approximate surface area is 235 Å². The highest BCUT2D eigenvalue weighted by Crippen LogP contribution is 2.25. The van der Waals surface area contributed by atoms with Gasteiger partial charge in [0.25, 0.3) is 0 Å². The third kappa shape index (κ3) is 7.20. The zero-order chi connectivity index (χ0) is 27.7. The van der Waals surface area contributed by atoms with E-state index >= 15 is 0 Å². The number of ether oxygens (including phenoxy) is 1. The van der Waals surface area contributed by atoms with Crippen LogP contribution in [0.1, 0.15) is 24.8 Å². The van der Waals surface area contributed by atoms with E-state index in [1.54, 1.807) is 6.08 Å². The van der Waals surface area contributed by atoms with Gasteiger partial charge in [-0.1, -0.05) is 42.5 Å². The van der Waals surface area contributed by atoms with E-state index < -0.39 is 0 Å². The number of amides is 3. The first-order valence-electron chi connectivity index (χ1n) is 13.6. The molecule has 0 radical (unpaired) electrons. The molecule has 0 saturated carbocycles. The molecule has 0 aromatic heterocycles. The first-order valence-corrected chi connectivity index (χ1v) is 13.6. The predicted molar refractivity (Wildman–Crippen MR) is 161 cm³/mol. The summed E-state index contributed by atoms with van der Waals surface area (Å²) in [6.45, 7) is 1.63. The summed E-state index contributed by atoms with van der Waals surface area (Å²) in [6, 6.07) is 24.8. The third-order valence-electron chi connectivity index (χ3n) is 7.10. The van der Waals surface area contributed by atoms with Gasteiger partial charge < -0.3 is 25.2 Å². The van der Waals surface area contributed by atoms with Crippen LogP contribution in [0.25, 0.3) is 6.08 Å². The molecule has 1 fully saturated rings. The third-order valence-corrected chi connectivity index (χ3v) is 7.10. The van der Waals surface area contributed by atoms with Gasteiger partial charge in [0, 0.05) is 49.7 Å². The number of anilines is 3. The minimum Gasteiger partial charge on any atom is -0.462 e. The Balaban J connectivity index is 1.09. The fourth-order valence-electron chi connectivity index (χ4n) is 4.79. The maximum absolute atomic E-state index is 12.7. The van der Waals surface area contributed by atoms with Crippen molar-refractivity contribution in [3.05, 3.63) is 114 Å². The van der Waals surface area contributed by atoms with Gasteiger partial charge in [0.1, 0.15) is 11.5 Å². The summed E-state index contributed by atoms with van der Waals surface area (Å²) in [7, 11) is 1.87. The number of carbonyl (C=O) groups excluding carboxylic acids is 2. The molecule has 2 N–H and O–H groups in total. The van der Waals surface area contributed by atoms with E-state index in [1.807, 2.05) is 109 Å². The minimum atomic E-state index is -0.313. The van der Waals surface area contributed by atoms with Crippen molar-refractivity contribution in [2.24, 2.45) is 0 Å². The van der Waals surface area contributed by atoms with E-state index in [1.165, 1.54) is 0 Å². The molecule has 5 rings (SSSR count). The Morgan fingerprint density at radius 3 is 2.33 bits per heavy atom. The highest BCUT2D eigenvalue weighted by Gasteiger charge is 2.27. The molecule has 1 atom stereocenters. The molecule has 0 spiro atoms. The summed E-state index contributed by atoms with van der Waals surface area (Å²) >= 11 is 0. The second-order valence-electron chi connectivity index (χ2n) is 9.93. The van der Waals surface area contributed by atoms with E-state index in [2.05, 4.69) is 21.6 Å². The molecular formula is C33H34N4O3. The van der Waals surface area contributed by atoms with Crippen molar-refractivity contribution in [1.29, 1.82) is 0 Å². The van der Waals surface area contributed by atoms with Crippen LogP contribution in [0, 0.1) is 0 Å². The van der Waals surface area contributed by atoms with Crippen LogP contribution < -0.4 is 20.3 Å². The molecule has 2 aliphatic rings. The van der Waals surface area contributed by atoms with Crippen molar-refractivity contribution in [1.82, 2.24) is 4.90 Å². The highest BCUT2D eigenvalue weighted by molar-refractivity contribution is 5.99. The molecule has 0 bridgehead atoms. The molecule has 1 aliphatic heterocycles. The number of nitrogens with zero attached hydrogens (tertiary/aromatic N) is 2. The Morgan fingerprint density at radius 1 is 0.950 bits per heavy atom. The Kier molecular flexibility index (Phi) is 8.61. The molecule has 1 heterocycles. The molecule has 7 nitrogen and oxygen atoms in total. The smallest absolute Gasteiger partial charge is 0.323 e. The van der Waals surface area contributed by atoms with Gasteiger partial charge in [-0.15, -0.1) is 0 Å². The number of urea groups is 1. The lowest BCUT2D eigenvalue weighted by molar-refractivity contribution is -0.126. The molecule has 1 aliphatic carbocycles. The van der Waals surface area contributed by atoms with Gasteiger partial charge in [-0.3, -0.25) is 4.79 Å². The van der Waals surface area contributed by atoms with E-state index in [4.69, 9.17) is 4.74 Å². The van der Waals surface area contributed by atoms with Gasteiger partial charge in [-0.25, -0.2) is 4.79 Å². The Hall–Kier alpha value is -4.78. The van der Waals surface area contributed by atoms with Gasteiger partial charge >= 0.3 is 6.03 Å². The lowest BCUT2D eigenvalue weighted by Crippen LogP contribution is -2.38. The standard InChI is InChI=1S/C33H34N4O3/c1-36(32(38)21-12-25-8-4-2-5-9-25)29-22-23-37(24-29)28-17-13-26(14-18-28)34-33(39)35-27-15-19-31(20-16-27)40-30-10-6-3-7-11-30/h2-6,8-10,12-21,29H,7,11,22-24H2,1H3,(H2,34,35,39)/b21-12+. The van der Waals surface area contributed by atoms with Crippen LogP contribution in [0.2, 0.25) is 0 Å². The molecular weight excluding hydrogens is 500 g/mol. The Bertz CT molecular complexity index is 1400. The quantitative estimate of drug-likeness (QED) is 0.316. The minimum absolute atomic E-state index is 0.00229. The lowest BCUT2D eigenvalue weighted by Gasteiger charge is -2.24. The molecule has 3 aromatic carbocycles. The zero-order valence-corrected chi connectivity index (χ0v) is 22.6. The first kappa shape index (κ1) is 26.8. The molecule has 1 saturated heterocycles. The monoisotopic (exact) mass is 534 g/mol. The summed E-state index contributed by atoms with van der Waals surface area (Å²) < 4.78 is 5.88. The second-order valence-corrected chi connectivity index (χ2v) is 9.93. The SMILES string of the molecule is CN(C(=O)/C=C/c1ccccc1)C1CCN(c2ccc(NC(=O)Nc3ccc(OC4=CC=CCC4)cc3)cc2)C1. The van der Waals surface area contributed by atoms with Crippen LogP contribution in [-0.4, -0.2) is 43.0 Å². The number of carbonyl (C=O) groups is 2. The number of rotatable bonds is 8. The average Bonchev–Trinajstić information content (AvgIpc) is 3.48. The number of nitrogens with one attached hydrogen (secondary N) is 2. The first-order chi connectivity index (χ1) is 19.5. The van der Waals surface area contributed by atoms with E-state index in [0.29, 0.717) is 11.4 Å². The van der Waals surface area contributed by atoms with Crippen molar-refractivity contribution in [2.75, 3.05) is 35.7 Å². The fraction of sp³-hybridized carbons (Fsp3) is 0.212. The van der Waals surface area contributed by atoms with Gasteiger partial charge in [0.2, 0.25) is 5.91 Å². The average molecular weight is 535 g/mol. The highest BCUT2D eigenvalue weighted by atomic mass is 16.5. The molecule has 3 aromatic rings. The van der Waals surface area contributed by atoms with Crippen LogP contribution in [0.4, 0.5) is 21.9 Å². The van der Waals surface area contributed by atoms with Gasteiger partial charge in [0.05, 0.1) is 6.04 Å². The number of allylic oxidation sites excluding steroid dienone is 4. The molecule has 40 heavy (non-hydrogen) atoms. The Morgan fingerprint density at radius 2 is 1.65 bits per heavy atom. The maximum atomic E-state index is 12.7.